The Kier molecular flexibility index (Phi) is 0.908. The second-order valence-corrected chi connectivity index (χ2v) is 3.02. The molecule has 1 aromatic rings. The maximum Gasteiger partial charge on any atom is -0.00584 e. The first-order valence-electron chi connectivity index (χ1n) is 3.01. The molecule has 1 heterocycles. The highest BCUT2D eigenvalue weighted by Gasteiger charge is 2.09. The van der Waals surface area contributed by atoms with Gasteiger partial charge in [0.1, 0.15) is 0 Å². The minimum absolute atomic E-state index is 1.33. The molecule has 0 nitrogen and oxygen atoms in total. The molecule has 2 rings (SSSR count). The molecule has 0 aromatic carbocycles. The van der Waals surface area contributed by atoms with E-state index in [-0.39, 0.29) is 0 Å². The van der Waals surface area contributed by atoms with Crippen molar-refractivity contribution in [1.82, 2.24) is 0 Å². The third-order valence-corrected chi connectivity index (χ3v) is 2.57. The van der Waals surface area contributed by atoms with Crippen molar-refractivity contribution >= 4 is 11.3 Å². The van der Waals surface area contributed by atoms with Gasteiger partial charge in [-0.1, -0.05) is 0 Å². The van der Waals surface area contributed by atoms with Crippen LogP contribution in [0.1, 0.15) is 17.5 Å². The van der Waals surface area contributed by atoms with E-state index in [2.05, 4.69) is 10.8 Å². The van der Waals surface area contributed by atoms with Gasteiger partial charge < -0.3 is 0 Å². The van der Waals surface area contributed by atoms with Gasteiger partial charge in [-0.05, 0) is 41.1 Å². The van der Waals surface area contributed by atoms with Crippen LogP contribution < -0.4 is 0 Å². The van der Waals surface area contributed by atoms with E-state index in [1.807, 2.05) is 11.3 Å². The molecular weight excluding hydrogens is 116 g/mol. The number of rotatable bonds is 0. The molecule has 42 valence electrons. The maximum absolute atomic E-state index is 2.28. The van der Waals surface area contributed by atoms with Crippen LogP contribution in [0.2, 0.25) is 0 Å². The van der Waals surface area contributed by atoms with E-state index >= 15 is 0 Å². The molecule has 0 saturated carbocycles. The summed E-state index contributed by atoms with van der Waals surface area (Å²) in [5, 5.41) is 4.56. The van der Waals surface area contributed by atoms with Gasteiger partial charge in [0, 0.05) is 0 Å². The fraction of sp³-hybridized carbons (Fsp3) is 0.429. The third kappa shape index (κ3) is 0.511. The summed E-state index contributed by atoms with van der Waals surface area (Å²) in [6.45, 7) is 0. The molecule has 1 aliphatic rings. The van der Waals surface area contributed by atoms with E-state index in [1.165, 1.54) is 19.3 Å². The maximum atomic E-state index is 2.28. The van der Waals surface area contributed by atoms with Gasteiger partial charge in [-0.25, -0.2) is 0 Å². The van der Waals surface area contributed by atoms with Crippen molar-refractivity contribution in [3.63, 3.8) is 0 Å². The van der Waals surface area contributed by atoms with E-state index in [9.17, 15) is 0 Å². The molecule has 0 N–H and O–H groups in total. The van der Waals surface area contributed by atoms with Crippen LogP contribution >= 0.6 is 11.3 Å². The fourth-order valence-corrected chi connectivity index (χ4v) is 2.19. The Hall–Kier alpha value is -0.300. The van der Waals surface area contributed by atoms with Crippen molar-refractivity contribution in [1.29, 1.82) is 0 Å². The highest BCUT2D eigenvalue weighted by molar-refractivity contribution is 7.08. The second kappa shape index (κ2) is 1.59. The Morgan fingerprint density at radius 1 is 1.12 bits per heavy atom. The second-order valence-electron chi connectivity index (χ2n) is 2.28. The Morgan fingerprint density at radius 2 is 1.75 bits per heavy atom. The molecule has 1 heteroatoms. The number of aryl methyl sites for hydroxylation is 2. The third-order valence-electron chi connectivity index (χ3n) is 1.73. The monoisotopic (exact) mass is 124 g/mol. The summed E-state index contributed by atoms with van der Waals surface area (Å²) in [5.41, 5.74) is 3.21. The zero-order valence-electron chi connectivity index (χ0n) is 4.68. The molecule has 1 aliphatic carbocycles. The molecule has 1 aromatic heterocycles. The fourth-order valence-electron chi connectivity index (χ4n) is 1.26. The number of hydrogen-bond donors (Lipinski definition) is 0. The van der Waals surface area contributed by atoms with E-state index < -0.39 is 0 Å². The van der Waals surface area contributed by atoms with Crippen LogP contribution in [0.15, 0.2) is 10.8 Å². The smallest absolute Gasteiger partial charge is 0.00584 e. The lowest BCUT2D eigenvalue weighted by Gasteiger charge is -1.79. The highest BCUT2D eigenvalue weighted by atomic mass is 32.1. The largest absolute Gasteiger partial charge is 0.152 e. The Labute approximate surface area is 53.2 Å². The molecular formula is C7H8S. The SMILES string of the molecule is c1scc2c1CCC2. The van der Waals surface area contributed by atoms with Crippen molar-refractivity contribution < 1.29 is 0 Å². The van der Waals surface area contributed by atoms with Gasteiger partial charge in [-0.2, -0.15) is 11.3 Å². The molecule has 0 fully saturated rings. The number of hydrogen-bond acceptors (Lipinski definition) is 1. The first kappa shape index (κ1) is 4.57. The van der Waals surface area contributed by atoms with E-state index in [4.69, 9.17) is 0 Å². The van der Waals surface area contributed by atoms with Crippen LogP contribution in [0.4, 0.5) is 0 Å². The lowest BCUT2D eigenvalue weighted by Crippen LogP contribution is -1.66. The first-order chi connectivity index (χ1) is 3.97. The van der Waals surface area contributed by atoms with Crippen molar-refractivity contribution in [2.45, 2.75) is 19.3 Å². The van der Waals surface area contributed by atoms with E-state index in [1.54, 1.807) is 11.1 Å². The molecule has 0 amide bonds. The summed E-state index contributed by atoms with van der Waals surface area (Å²) >= 11 is 1.84. The quantitative estimate of drug-likeness (QED) is 0.497. The molecule has 0 atom stereocenters. The first-order valence-corrected chi connectivity index (χ1v) is 3.95. The lowest BCUT2D eigenvalue weighted by molar-refractivity contribution is 0.911. The number of thiophene rings is 1. The molecule has 8 heavy (non-hydrogen) atoms. The van der Waals surface area contributed by atoms with Gasteiger partial charge in [-0.15, -0.1) is 0 Å². The molecule has 0 radical (unpaired) electrons. The lowest BCUT2D eigenvalue weighted by atomic mass is 10.2. The van der Waals surface area contributed by atoms with Gasteiger partial charge in [0.15, 0.2) is 0 Å². The van der Waals surface area contributed by atoms with Crippen LogP contribution in [-0.2, 0) is 12.8 Å². The predicted molar refractivity (Wildman–Crippen MR) is 36.3 cm³/mol. The standard InChI is InChI=1S/C7H8S/c1-2-6-4-8-5-7(6)3-1/h4-5H,1-3H2. The van der Waals surface area contributed by atoms with Crippen LogP contribution in [0.5, 0.6) is 0 Å². The van der Waals surface area contributed by atoms with Crippen molar-refractivity contribution in [3.05, 3.63) is 21.9 Å². The Bertz CT molecular complexity index is 170. The molecule has 0 aliphatic heterocycles. The minimum atomic E-state index is 1.33. The van der Waals surface area contributed by atoms with Crippen LogP contribution in [0.25, 0.3) is 0 Å². The molecule has 0 unspecified atom stereocenters. The van der Waals surface area contributed by atoms with Crippen molar-refractivity contribution in [2.24, 2.45) is 0 Å². The summed E-state index contributed by atoms with van der Waals surface area (Å²) in [6.07, 6.45) is 4.05. The summed E-state index contributed by atoms with van der Waals surface area (Å²) in [7, 11) is 0. The van der Waals surface area contributed by atoms with Gasteiger partial charge >= 0.3 is 0 Å². The minimum Gasteiger partial charge on any atom is -0.152 e. The van der Waals surface area contributed by atoms with E-state index in [0.29, 0.717) is 0 Å². The Balaban J connectivity index is 2.54. The molecule has 0 bridgehead atoms. The zero-order chi connectivity index (χ0) is 5.40. The molecule has 0 spiro atoms. The van der Waals surface area contributed by atoms with Gasteiger partial charge in [0.05, 0.1) is 0 Å². The van der Waals surface area contributed by atoms with Crippen LogP contribution in [-0.4, -0.2) is 0 Å². The van der Waals surface area contributed by atoms with Gasteiger partial charge in [-0.3, -0.25) is 0 Å². The molecule has 0 saturated heterocycles. The average molecular weight is 124 g/mol. The summed E-state index contributed by atoms with van der Waals surface area (Å²) in [5.74, 6) is 0. The summed E-state index contributed by atoms with van der Waals surface area (Å²) < 4.78 is 0. The van der Waals surface area contributed by atoms with Crippen molar-refractivity contribution in [2.75, 3.05) is 0 Å². The van der Waals surface area contributed by atoms with Crippen molar-refractivity contribution in [3.8, 4) is 0 Å². The zero-order valence-corrected chi connectivity index (χ0v) is 5.50. The van der Waals surface area contributed by atoms with Gasteiger partial charge in [0.2, 0.25) is 0 Å². The Morgan fingerprint density at radius 3 is 2.38 bits per heavy atom. The average Bonchev–Trinajstić information content (AvgIpc) is 2.15. The number of fused-ring (bicyclic) bond motifs is 1. The van der Waals surface area contributed by atoms with Crippen LogP contribution in [0.3, 0.4) is 0 Å². The van der Waals surface area contributed by atoms with Gasteiger partial charge in [0.25, 0.3) is 0 Å². The highest BCUT2D eigenvalue weighted by Crippen LogP contribution is 2.24. The normalized spacial score (nSPS) is 16.5. The van der Waals surface area contributed by atoms with E-state index in [0.717, 1.165) is 0 Å². The topological polar surface area (TPSA) is 0 Å². The summed E-state index contributed by atoms with van der Waals surface area (Å²) in [6, 6.07) is 0. The van der Waals surface area contributed by atoms with Crippen LogP contribution in [0, 0.1) is 0 Å². The predicted octanol–water partition coefficient (Wildman–Crippen LogP) is 2.24. The summed E-state index contributed by atoms with van der Waals surface area (Å²) in [4.78, 5) is 0.